The summed E-state index contributed by atoms with van der Waals surface area (Å²) < 4.78 is 11.9. The normalized spacial score (nSPS) is 14.6. The van der Waals surface area contributed by atoms with Crippen LogP contribution in [0.2, 0.25) is 0 Å². The molecule has 1 saturated heterocycles. The number of benzene rings is 1. The number of carbonyl (C=O) groups is 1. The molecule has 1 amide bonds. The van der Waals surface area contributed by atoms with Crippen molar-refractivity contribution in [1.82, 2.24) is 14.4 Å². The van der Waals surface area contributed by atoms with Crippen molar-refractivity contribution >= 4 is 6.09 Å². The summed E-state index contributed by atoms with van der Waals surface area (Å²) in [5.74, 6) is 0.950. The molecule has 1 aromatic carbocycles. The summed E-state index contributed by atoms with van der Waals surface area (Å²) in [5, 5.41) is 19.4. The van der Waals surface area contributed by atoms with Crippen LogP contribution in [-0.2, 0) is 13.1 Å². The van der Waals surface area contributed by atoms with Crippen molar-refractivity contribution in [2.24, 2.45) is 0 Å². The molecule has 1 aliphatic heterocycles. The summed E-state index contributed by atoms with van der Waals surface area (Å²) in [6, 6.07) is 7.08. The van der Waals surface area contributed by atoms with Crippen LogP contribution in [0.15, 0.2) is 35.3 Å². The van der Waals surface area contributed by atoms with E-state index in [-0.39, 0.29) is 12.3 Å². The molecule has 1 aliphatic rings. The number of aromatic hydroxyl groups is 1. The number of pyridine rings is 1. The zero-order chi connectivity index (χ0) is 21.0. The van der Waals surface area contributed by atoms with Crippen LogP contribution >= 0.6 is 0 Å². The third kappa shape index (κ3) is 4.80. The smallest absolute Gasteiger partial charge is 0.407 e. The molecule has 0 unspecified atom stereocenters. The number of hydrogen-bond acceptors (Lipinski definition) is 6. The zero-order valence-corrected chi connectivity index (χ0v) is 16.5. The second kappa shape index (κ2) is 8.87. The first-order valence-electron chi connectivity index (χ1n) is 9.24. The highest BCUT2D eigenvalue weighted by Gasteiger charge is 2.21. The van der Waals surface area contributed by atoms with Crippen LogP contribution < -0.4 is 15.0 Å². The molecular formula is C20H25N3O6. The lowest BCUT2D eigenvalue weighted by Gasteiger charge is -2.33. The predicted octanol–water partition coefficient (Wildman–Crippen LogP) is 1.42. The maximum atomic E-state index is 12.6. The molecule has 2 N–H and O–H groups in total. The first kappa shape index (κ1) is 20.5. The molecule has 1 aromatic heterocycles. The van der Waals surface area contributed by atoms with Gasteiger partial charge in [0.05, 0.1) is 20.8 Å². The second-order valence-electron chi connectivity index (χ2n) is 6.89. The Hall–Kier alpha value is -3.20. The van der Waals surface area contributed by atoms with E-state index in [1.165, 1.54) is 9.47 Å². The van der Waals surface area contributed by atoms with Gasteiger partial charge in [-0.15, -0.1) is 0 Å². The molecule has 0 bridgehead atoms. The minimum absolute atomic E-state index is 0.261. The summed E-state index contributed by atoms with van der Waals surface area (Å²) in [6.07, 6.45) is 0.723. The maximum Gasteiger partial charge on any atom is 0.407 e. The van der Waals surface area contributed by atoms with Crippen LogP contribution in [0.4, 0.5) is 4.79 Å². The van der Waals surface area contributed by atoms with E-state index in [0.717, 1.165) is 5.56 Å². The standard InChI is InChI=1S/C20H25N3O6/c1-28-16-9-14(10-17(11-16)29-2)12-23-4-3-15(18(24)19(23)25)13-21-5-7-22(8-6-21)20(26)27/h3-4,9-11,24H,5-8,12-13H2,1-2H3,(H,26,27). The van der Waals surface area contributed by atoms with Gasteiger partial charge in [0.25, 0.3) is 5.56 Å². The molecule has 29 heavy (non-hydrogen) atoms. The Bertz CT molecular complexity index is 912. The Morgan fingerprint density at radius 3 is 2.21 bits per heavy atom. The van der Waals surface area contributed by atoms with Crippen molar-refractivity contribution < 1.29 is 24.5 Å². The molecule has 0 spiro atoms. The number of nitrogens with zero attached hydrogens (tertiary/aromatic N) is 3. The number of methoxy groups -OCH3 is 2. The quantitative estimate of drug-likeness (QED) is 0.752. The predicted molar refractivity (Wildman–Crippen MR) is 106 cm³/mol. The molecule has 9 heteroatoms. The van der Waals surface area contributed by atoms with E-state index in [1.54, 1.807) is 32.5 Å². The number of piperazine rings is 1. The van der Waals surface area contributed by atoms with Crippen molar-refractivity contribution in [3.8, 4) is 17.2 Å². The van der Waals surface area contributed by atoms with Gasteiger partial charge in [0.1, 0.15) is 11.5 Å². The highest BCUT2D eigenvalue weighted by atomic mass is 16.5. The maximum absolute atomic E-state index is 12.6. The molecule has 2 heterocycles. The second-order valence-corrected chi connectivity index (χ2v) is 6.89. The molecule has 156 valence electrons. The lowest BCUT2D eigenvalue weighted by atomic mass is 10.1. The van der Waals surface area contributed by atoms with E-state index >= 15 is 0 Å². The third-order valence-electron chi connectivity index (χ3n) is 5.02. The van der Waals surface area contributed by atoms with Crippen molar-refractivity contribution in [2.75, 3.05) is 40.4 Å². The Labute approximate surface area is 168 Å². The van der Waals surface area contributed by atoms with E-state index in [2.05, 4.69) is 0 Å². The highest BCUT2D eigenvalue weighted by molar-refractivity contribution is 5.65. The van der Waals surface area contributed by atoms with Gasteiger partial charge >= 0.3 is 6.09 Å². The number of ether oxygens (including phenoxy) is 2. The lowest BCUT2D eigenvalue weighted by molar-refractivity contribution is 0.102. The van der Waals surface area contributed by atoms with Gasteiger partial charge in [0.15, 0.2) is 5.75 Å². The van der Waals surface area contributed by atoms with Crippen LogP contribution in [0.5, 0.6) is 17.2 Å². The Kier molecular flexibility index (Phi) is 6.28. The van der Waals surface area contributed by atoms with Crippen LogP contribution in [0.25, 0.3) is 0 Å². The topological polar surface area (TPSA) is 104 Å². The van der Waals surface area contributed by atoms with Gasteiger partial charge in [-0.25, -0.2) is 4.79 Å². The summed E-state index contributed by atoms with van der Waals surface area (Å²) in [5.41, 5.74) is 0.854. The molecule has 9 nitrogen and oxygen atoms in total. The summed E-state index contributed by atoms with van der Waals surface area (Å²) >= 11 is 0. The van der Waals surface area contributed by atoms with Gasteiger partial charge in [-0.2, -0.15) is 0 Å². The summed E-state index contributed by atoms with van der Waals surface area (Å²) in [6.45, 7) is 2.58. The Balaban J connectivity index is 1.73. The largest absolute Gasteiger partial charge is 0.503 e. The average Bonchev–Trinajstić information content (AvgIpc) is 2.73. The van der Waals surface area contributed by atoms with Crippen molar-refractivity contribution in [1.29, 1.82) is 0 Å². The highest BCUT2D eigenvalue weighted by Crippen LogP contribution is 2.23. The monoisotopic (exact) mass is 403 g/mol. The van der Waals surface area contributed by atoms with Crippen molar-refractivity contribution in [3.05, 3.63) is 51.9 Å². The van der Waals surface area contributed by atoms with Crippen LogP contribution in [0.3, 0.4) is 0 Å². The SMILES string of the molecule is COc1cc(Cn2ccc(CN3CCN(C(=O)O)CC3)c(O)c2=O)cc(OC)c1. The van der Waals surface area contributed by atoms with Gasteiger partial charge in [-0.05, 0) is 23.8 Å². The van der Waals surface area contributed by atoms with Crippen LogP contribution in [-0.4, -0.2) is 71.1 Å². The molecule has 0 atom stereocenters. The van der Waals surface area contributed by atoms with Crippen LogP contribution in [0.1, 0.15) is 11.1 Å². The fourth-order valence-electron chi connectivity index (χ4n) is 3.34. The number of amides is 1. The van der Waals surface area contributed by atoms with Crippen LogP contribution in [0, 0.1) is 0 Å². The Morgan fingerprint density at radius 2 is 1.66 bits per heavy atom. The van der Waals surface area contributed by atoms with Gasteiger partial charge in [0, 0.05) is 50.6 Å². The number of aromatic nitrogens is 1. The van der Waals surface area contributed by atoms with E-state index in [4.69, 9.17) is 14.6 Å². The lowest BCUT2D eigenvalue weighted by Crippen LogP contribution is -2.47. The third-order valence-corrected chi connectivity index (χ3v) is 5.02. The number of carboxylic acid groups (broad SMARTS) is 1. The number of rotatable bonds is 6. The van der Waals surface area contributed by atoms with Crippen molar-refractivity contribution in [2.45, 2.75) is 13.1 Å². The fourth-order valence-corrected chi connectivity index (χ4v) is 3.34. The van der Waals surface area contributed by atoms with E-state index in [9.17, 15) is 14.7 Å². The molecule has 2 aromatic rings. The fraction of sp³-hybridized carbons (Fsp3) is 0.400. The summed E-state index contributed by atoms with van der Waals surface area (Å²) in [4.78, 5) is 27.0. The van der Waals surface area contributed by atoms with Gasteiger partial charge in [-0.3, -0.25) is 9.69 Å². The molecular weight excluding hydrogens is 378 g/mol. The molecule has 1 fully saturated rings. The molecule has 0 saturated carbocycles. The van der Waals surface area contributed by atoms with Gasteiger partial charge in [0.2, 0.25) is 0 Å². The average molecular weight is 403 g/mol. The molecule has 0 aliphatic carbocycles. The van der Waals surface area contributed by atoms with E-state index < -0.39 is 11.7 Å². The Morgan fingerprint density at radius 1 is 1.03 bits per heavy atom. The van der Waals surface area contributed by atoms with Crippen molar-refractivity contribution in [3.63, 3.8) is 0 Å². The van der Waals surface area contributed by atoms with E-state index in [0.29, 0.717) is 49.8 Å². The zero-order valence-electron chi connectivity index (χ0n) is 16.5. The first-order valence-corrected chi connectivity index (χ1v) is 9.24. The van der Waals surface area contributed by atoms with E-state index in [1.807, 2.05) is 17.0 Å². The number of hydrogen-bond donors (Lipinski definition) is 2. The minimum atomic E-state index is -0.927. The van der Waals surface area contributed by atoms with Gasteiger partial charge < -0.3 is 29.2 Å². The van der Waals surface area contributed by atoms with Gasteiger partial charge in [-0.1, -0.05) is 0 Å². The minimum Gasteiger partial charge on any atom is -0.503 e. The summed E-state index contributed by atoms with van der Waals surface area (Å²) in [7, 11) is 3.11. The molecule has 3 rings (SSSR count). The molecule has 0 radical (unpaired) electrons. The first-order chi connectivity index (χ1) is 13.9.